The maximum atomic E-state index is 11.5. The van der Waals surface area contributed by atoms with Crippen LogP contribution in [0.15, 0.2) is 24.3 Å². The van der Waals surface area contributed by atoms with Crippen LogP contribution in [-0.4, -0.2) is 24.3 Å². The second-order valence-electron chi connectivity index (χ2n) is 4.90. The van der Waals surface area contributed by atoms with Crippen LogP contribution in [-0.2, 0) is 20.9 Å². The summed E-state index contributed by atoms with van der Waals surface area (Å²) in [7, 11) is 0. The van der Waals surface area contributed by atoms with Crippen molar-refractivity contribution in [1.29, 1.82) is 0 Å². The highest BCUT2D eigenvalue weighted by Crippen LogP contribution is 2.10. The molecule has 1 aromatic rings. The first-order valence-corrected chi connectivity index (χ1v) is 7.47. The minimum absolute atomic E-state index is 0.00443. The molecule has 1 aromatic carbocycles. The lowest BCUT2D eigenvalue weighted by atomic mass is 10.2. The van der Waals surface area contributed by atoms with Gasteiger partial charge in [0, 0.05) is 25.1 Å². The van der Waals surface area contributed by atoms with Crippen molar-refractivity contribution in [2.75, 3.05) is 11.9 Å². The molecule has 0 aliphatic heterocycles. The van der Waals surface area contributed by atoms with E-state index < -0.39 is 0 Å². The minimum Gasteiger partial charge on any atom is -0.350 e. The molecule has 3 amide bonds. The van der Waals surface area contributed by atoms with E-state index >= 15 is 0 Å². The van der Waals surface area contributed by atoms with Gasteiger partial charge in [0.15, 0.2) is 0 Å². The summed E-state index contributed by atoms with van der Waals surface area (Å²) >= 11 is 0. The topological polar surface area (TPSA) is 87.3 Å². The van der Waals surface area contributed by atoms with Gasteiger partial charge in [0.1, 0.15) is 0 Å². The maximum absolute atomic E-state index is 11.5. The molecule has 0 bridgehead atoms. The first-order valence-electron chi connectivity index (χ1n) is 7.47. The number of benzene rings is 1. The number of rotatable bonds is 8. The Hall–Kier alpha value is -2.37. The molecule has 0 aromatic heterocycles. The molecule has 0 radical (unpaired) electrons. The molecule has 22 heavy (non-hydrogen) atoms. The predicted molar refractivity (Wildman–Crippen MR) is 85.1 cm³/mol. The van der Waals surface area contributed by atoms with E-state index in [0.29, 0.717) is 19.4 Å². The van der Waals surface area contributed by atoms with Crippen molar-refractivity contribution in [2.45, 2.75) is 39.7 Å². The van der Waals surface area contributed by atoms with Crippen LogP contribution in [0.5, 0.6) is 0 Å². The Morgan fingerprint density at radius 2 is 1.59 bits per heavy atom. The number of nitrogens with one attached hydrogen (secondary N) is 3. The maximum Gasteiger partial charge on any atom is 0.239 e. The second kappa shape index (κ2) is 9.55. The molecule has 0 fully saturated rings. The van der Waals surface area contributed by atoms with Gasteiger partial charge in [-0.15, -0.1) is 0 Å². The third-order valence-electron chi connectivity index (χ3n) is 2.97. The zero-order chi connectivity index (χ0) is 16.4. The first kappa shape index (κ1) is 17.7. The summed E-state index contributed by atoms with van der Waals surface area (Å²) in [5, 5.41) is 8.03. The van der Waals surface area contributed by atoms with Gasteiger partial charge in [-0.3, -0.25) is 14.4 Å². The third kappa shape index (κ3) is 6.88. The standard InChI is InChI=1S/C16H23N3O3/c1-3-5-15(21)19-13-8-6-12(7-9-13)10-17-16(22)11-18-14(20)4-2/h6-9H,3-5,10-11H2,1-2H3,(H,17,22)(H,18,20)(H,19,21). The molecule has 0 atom stereocenters. The lowest BCUT2D eigenvalue weighted by molar-refractivity contribution is -0.126. The van der Waals surface area contributed by atoms with Crippen LogP contribution in [0.4, 0.5) is 5.69 Å². The van der Waals surface area contributed by atoms with Crippen LogP contribution in [0.25, 0.3) is 0 Å². The molecular formula is C16H23N3O3. The molecule has 0 spiro atoms. The Balaban J connectivity index is 2.36. The van der Waals surface area contributed by atoms with Crippen LogP contribution >= 0.6 is 0 Å². The van der Waals surface area contributed by atoms with E-state index in [2.05, 4.69) is 16.0 Å². The highest BCUT2D eigenvalue weighted by Gasteiger charge is 2.04. The average Bonchev–Trinajstić information content (AvgIpc) is 2.52. The fraction of sp³-hybridized carbons (Fsp3) is 0.438. The van der Waals surface area contributed by atoms with Crippen molar-refractivity contribution in [3.8, 4) is 0 Å². The smallest absolute Gasteiger partial charge is 0.239 e. The summed E-state index contributed by atoms with van der Waals surface area (Å²) in [6.07, 6.45) is 1.67. The third-order valence-corrected chi connectivity index (χ3v) is 2.97. The van der Waals surface area contributed by atoms with Gasteiger partial charge in [-0.1, -0.05) is 26.0 Å². The van der Waals surface area contributed by atoms with Gasteiger partial charge >= 0.3 is 0 Å². The van der Waals surface area contributed by atoms with Gasteiger partial charge in [0.05, 0.1) is 6.54 Å². The van der Waals surface area contributed by atoms with Gasteiger partial charge < -0.3 is 16.0 Å². The van der Waals surface area contributed by atoms with Crippen LogP contribution in [0.1, 0.15) is 38.7 Å². The molecule has 3 N–H and O–H groups in total. The Labute approximate surface area is 130 Å². The van der Waals surface area contributed by atoms with Gasteiger partial charge in [-0.05, 0) is 24.1 Å². The minimum atomic E-state index is -0.234. The number of carbonyl (C=O) groups is 3. The molecule has 0 unspecified atom stereocenters. The van der Waals surface area contributed by atoms with Gasteiger partial charge in [0.2, 0.25) is 17.7 Å². The Morgan fingerprint density at radius 3 is 2.18 bits per heavy atom. The summed E-state index contributed by atoms with van der Waals surface area (Å²) < 4.78 is 0. The number of carbonyl (C=O) groups excluding carboxylic acids is 3. The molecule has 0 aliphatic carbocycles. The molecule has 0 aliphatic rings. The van der Waals surface area contributed by atoms with Crippen molar-refractivity contribution in [2.24, 2.45) is 0 Å². The Morgan fingerprint density at radius 1 is 0.909 bits per heavy atom. The molecule has 0 saturated carbocycles. The van der Waals surface area contributed by atoms with Crippen LogP contribution in [0, 0.1) is 0 Å². The van der Waals surface area contributed by atoms with E-state index in [1.165, 1.54) is 0 Å². The van der Waals surface area contributed by atoms with Crippen LogP contribution in [0.3, 0.4) is 0 Å². The molecule has 0 heterocycles. The van der Waals surface area contributed by atoms with Crippen LogP contribution < -0.4 is 16.0 Å². The number of hydrogen-bond donors (Lipinski definition) is 3. The summed E-state index contributed by atoms with van der Waals surface area (Å²) in [4.78, 5) is 34.0. The SMILES string of the molecule is CCCC(=O)Nc1ccc(CNC(=O)CNC(=O)CC)cc1. The summed E-state index contributed by atoms with van der Waals surface area (Å²) in [6.45, 7) is 4.05. The van der Waals surface area contributed by atoms with Crippen molar-refractivity contribution in [1.82, 2.24) is 10.6 Å². The largest absolute Gasteiger partial charge is 0.350 e. The van der Waals surface area contributed by atoms with Crippen LogP contribution in [0.2, 0.25) is 0 Å². The predicted octanol–water partition coefficient (Wildman–Crippen LogP) is 1.57. The Kier molecular flexibility index (Phi) is 7.67. The van der Waals surface area contributed by atoms with Crippen molar-refractivity contribution in [3.05, 3.63) is 29.8 Å². The highest BCUT2D eigenvalue weighted by atomic mass is 16.2. The zero-order valence-corrected chi connectivity index (χ0v) is 13.1. The monoisotopic (exact) mass is 305 g/mol. The lowest BCUT2D eigenvalue weighted by Crippen LogP contribution is -2.36. The molecule has 0 saturated heterocycles. The van der Waals surface area contributed by atoms with Gasteiger partial charge in [-0.2, -0.15) is 0 Å². The molecule has 6 nitrogen and oxygen atoms in total. The molecule has 120 valence electrons. The zero-order valence-electron chi connectivity index (χ0n) is 13.1. The van der Waals surface area contributed by atoms with Crippen molar-refractivity contribution < 1.29 is 14.4 Å². The summed E-state index contributed by atoms with van der Waals surface area (Å²) in [5.74, 6) is -0.389. The van der Waals surface area contributed by atoms with Gasteiger partial charge in [0.25, 0.3) is 0 Å². The molecule has 6 heteroatoms. The second-order valence-corrected chi connectivity index (χ2v) is 4.90. The van der Waals surface area contributed by atoms with E-state index in [-0.39, 0.29) is 24.3 Å². The Bertz CT molecular complexity index is 512. The first-order chi connectivity index (χ1) is 10.5. The van der Waals surface area contributed by atoms with E-state index in [1.54, 1.807) is 19.1 Å². The molecule has 1 rings (SSSR count). The number of hydrogen-bond acceptors (Lipinski definition) is 3. The molecular weight excluding hydrogens is 282 g/mol. The summed E-state index contributed by atoms with van der Waals surface area (Å²) in [5.41, 5.74) is 1.66. The van der Waals surface area contributed by atoms with Gasteiger partial charge in [-0.25, -0.2) is 0 Å². The van der Waals surface area contributed by atoms with Crippen molar-refractivity contribution in [3.63, 3.8) is 0 Å². The quantitative estimate of drug-likeness (QED) is 0.681. The highest BCUT2D eigenvalue weighted by molar-refractivity contribution is 5.90. The normalized spacial score (nSPS) is 9.91. The fourth-order valence-corrected chi connectivity index (χ4v) is 1.72. The van der Waals surface area contributed by atoms with E-state index in [9.17, 15) is 14.4 Å². The lowest BCUT2D eigenvalue weighted by Gasteiger charge is -2.08. The van der Waals surface area contributed by atoms with E-state index in [4.69, 9.17) is 0 Å². The fourth-order valence-electron chi connectivity index (χ4n) is 1.72. The summed E-state index contributed by atoms with van der Waals surface area (Å²) in [6, 6.07) is 7.28. The van der Waals surface area contributed by atoms with E-state index in [0.717, 1.165) is 17.7 Å². The van der Waals surface area contributed by atoms with E-state index in [1.807, 2.05) is 19.1 Å². The number of amides is 3. The average molecular weight is 305 g/mol. The number of anilines is 1. The van der Waals surface area contributed by atoms with Crippen molar-refractivity contribution >= 4 is 23.4 Å².